The van der Waals surface area contributed by atoms with Gasteiger partial charge in [-0.1, -0.05) is 48.2 Å². The molecule has 0 saturated carbocycles. The number of aromatic nitrogens is 5. The van der Waals surface area contributed by atoms with Gasteiger partial charge in [0.1, 0.15) is 5.82 Å². The number of allylic oxidation sites excluding steroid dienone is 1. The summed E-state index contributed by atoms with van der Waals surface area (Å²) in [6.45, 7) is 6.16. The number of para-hydroxylation sites is 1. The van der Waals surface area contributed by atoms with Gasteiger partial charge in [0.2, 0.25) is 0 Å². The molecule has 2 heterocycles. The van der Waals surface area contributed by atoms with E-state index in [9.17, 15) is 9.59 Å². The van der Waals surface area contributed by atoms with E-state index in [1.807, 2.05) is 47.9 Å². The van der Waals surface area contributed by atoms with Crippen LogP contribution in [0.25, 0.3) is 10.9 Å². The number of hydrogen-bond acceptors (Lipinski definition) is 6. The van der Waals surface area contributed by atoms with E-state index < -0.39 is 0 Å². The van der Waals surface area contributed by atoms with E-state index in [-0.39, 0.29) is 17.5 Å². The standard InChI is InChI=1S/C23H22N6O2S/c1-3-13-29-20(15(2)24-21(30)16-9-5-4-6-10-16)27-28-23(29)32-14-19-25-18-12-8-7-11-17(18)22(31)26-19/h3-12,15H,1,13-14H2,2H3,(H,24,30)(H,25,26,31). The Morgan fingerprint density at radius 3 is 2.72 bits per heavy atom. The molecule has 32 heavy (non-hydrogen) atoms. The van der Waals surface area contributed by atoms with Gasteiger partial charge in [-0.3, -0.25) is 9.59 Å². The van der Waals surface area contributed by atoms with Gasteiger partial charge in [-0.05, 0) is 31.2 Å². The molecule has 9 heteroatoms. The lowest BCUT2D eigenvalue weighted by molar-refractivity contribution is 0.0937. The van der Waals surface area contributed by atoms with E-state index in [2.05, 4.69) is 32.1 Å². The van der Waals surface area contributed by atoms with Gasteiger partial charge in [0.05, 0.1) is 22.7 Å². The van der Waals surface area contributed by atoms with Crippen molar-refractivity contribution in [1.82, 2.24) is 30.0 Å². The van der Waals surface area contributed by atoms with Crippen molar-refractivity contribution in [2.75, 3.05) is 0 Å². The molecule has 2 aromatic heterocycles. The molecule has 1 unspecified atom stereocenters. The molecule has 0 bridgehead atoms. The number of fused-ring (bicyclic) bond motifs is 1. The number of amides is 1. The summed E-state index contributed by atoms with van der Waals surface area (Å²) in [6.07, 6.45) is 1.75. The summed E-state index contributed by atoms with van der Waals surface area (Å²) in [7, 11) is 0. The van der Waals surface area contributed by atoms with Crippen LogP contribution >= 0.6 is 11.8 Å². The maximum absolute atomic E-state index is 12.5. The molecule has 4 rings (SSSR count). The molecule has 2 aromatic carbocycles. The van der Waals surface area contributed by atoms with Crippen LogP contribution in [0.4, 0.5) is 0 Å². The predicted octanol–water partition coefficient (Wildman–Crippen LogP) is 3.48. The Balaban J connectivity index is 1.52. The number of carbonyl (C=O) groups excluding carboxylic acids is 1. The van der Waals surface area contributed by atoms with Gasteiger partial charge in [0.15, 0.2) is 11.0 Å². The van der Waals surface area contributed by atoms with E-state index in [1.165, 1.54) is 11.8 Å². The minimum Gasteiger partial charge on any atom is -0.342 e. The second-order valence-electron chi connectivity index (χ2n) is 7.12. The van der Waals surface area contributed by atoms with Crippen molar-refractivity contribution in [3.8, 4) is 0 Å². The Bertz CT molecular complexity index is 1320. The highest BCUT2D eigenvalue weighted by molar-refractivity contribution is 7.98. The minimum absolute atomic E-state index is 0.170. The lowest BCUT2D eigenvalue weighted by atomic mass is 10.2. The minimum atomic E-state index is -0.358. The van der Waals surface area contributed by atoms with Crippen molar-refractivity contribution in [2.24, 2.45) is 0 Å². The summed E-state index contributed by atoms with van der Waals surface area (Å²) >= 11 is 1.41. The number of thioether (sulfide) groups is 1. The number of H-pyrrole nitrogens is 1. The van der Waals surface area contributed by atoms with Crippen molar-refractivity contribution < 1.29 is 4.79 Å². The summed E-state index contributed by atoms with van der Waals surface area (Å²) in [5, 5.41) is 12.8. The van der Waals surface area contributed by atoms with E-state index in [1.54, 1.807) is 24.3 Å². The van der Waals surface area contributed by atoms with Crippen LogP contribution in [0, 0.1) is 0 Å². The zero-order valence-corrected chi connectivity index (χ0v) is 18.3. The molecule has 162 valence electrons. The highest BCUT2D eigenvalue weighted by Gasteiger charge is 2.20. The second-order valence-corrected chi connectivity index (χ2v) is 8.06. The van der Waals surface area contributed by atoms with Crippen LogP contribution in [0.5, 0.6) is 0 Å². The first-order valence-electron chi connectivity index (χ1n) is 10.1. The summed E-state index contributed by atoms with van der Waals surface area (Å²) in [4.78, 5) is 32.2. The number of nitrogens with one attached hydrogen (secondary N) is 2. The predicted molar refractivity (Wildman–Crippen MR) is 124 cm³/mol. The molecular weight excluding hydrogens is 424 g/mol. The molecule has 4 aromatic rings. The number of benzene rings is 2. The molecule has 0 aliphatic rings. The average molecular weight is 447 g/mol. The summed E-state index contributed by atoms with van der Waals surface area (Å²) in [5.74, 6) is 1.41. The first kappa shape index (κ1) is 21.5. The maximum atomic E-state index is 12.5. The van der Waals surface area contributed by atoms with Gasteiger partial charge in [-0.2, -0.15) is 0 Å². The first-order chi connectivity index (χ1) is 15.6. The number of aromatic amines is 1. The zero-order valence-electron chi connectivity index (χ0n) is 17.5. The lowest BCUT2D eigenvalue weighted by Gasteiger charge is -2.15. The van der Waals surface area contributed by atoms with Crippen LogP contribution in [-0.4, -0.2) is 30.6 Å². The Hall–Kier alpha value is -3.72. The van der Waals surface area contributed by atoms with Gasteiger partial charge in [0.25, 0.3) is 11.5 Å². The molecule has 0 spiro atoms. The second kappa shape index (κ2) is 9.61. The quantitative estimate of drug-likeness (QED) is 0.317. The Labute approximate surface area is 188 Å². The van der Waals surface area contributed by atoms with Crippen molar-refractivity contribution in [1.29, 1.82) is 0 Å². The van der Waals surface area contributed by atoms with Crippen LogP contribution in [0.15, 0.2) is 77.2 Å². The van der Waals surface area contributed by atoms with Crippen molar-refractivity contribution >= 4 is 28.6 Å². The Morgan fingerprint density at radius 1 is 1.19 bits per heavy atom. The van der Waals surface area contributed by atoms with Gasteiger partial charge < -0.3 is 14.9 Å². The van der Waals surface area contributed by atoms with Crippen molar-refractivity contribution in [2.45, 2.75) is 30.4 Å². The van der Waals surface area contributed by atoms with E-state index in [0.717, 1.165) is 0 Å². The molecule has 8 nitrogen and oxygen atoms in total. The van der Waals surface area contributed by atoms with Crippen LogP contribution < -0.4 is 10.9 Å². The van der Waals surface area contributed by atoms with Gasteiger partial charge >= 0.3 is 0 Å². The molecule has 1 amide bonds. The van der Waals surface area contributed by atoms with Crippen molar-refractivity contribution in [3.63, 3.8) is 0 Å². The summed E-state index contributed by atoms with van der Waals surface area (Å²) < 4.78 is 1.90. The van der Waals surface area contributed by atoms with Crippen LogP contribution in [0.1, 0.15) is 35.0 Å². The number of rotatable bonds is 8. The van der Waals surface area contributed by atoms with Gasteiger partial charge in [0, 0.05) is 12.1 Å². The van der Waals surface area contributed by atoms with E-state index in [4.69, 9.17) is 0 Å². The fourth-order valence-electron chi connectivity index (χ4n) is 3.30. The zero-order chi connectivity index (χ0) is 22.5. The monoisotopic (exact) mass is 446 g/mol. The number of carbonyl (C=O) groups is 1. The normalized spacial score (nSPS) is 11.9. The van der Waals surface area contributed by atoms with Crippen molar-refractivity contribution in [3.05, 3.63) is 94.8 Å². The van der Waals surface area contributed by atoms with E-state index >= 15 is 0 Å². The Morgan fingerprint density at radius 2 is 1.94 bits per heavy atom. The highest BCUT2D eigenvalue weighted by Crippen LogP contribution is 2.23. The molecule has 0 fully saturated rings. The lowest BCUT2D eigenvalue weighted by Crippen LogP contribution is -2.28. The number of hydrogen-bond donors (Lipinski definition) is 2. The summed E-state index contributed by atoms with van der Waals surface area (Å²) in [5.41, 5.74) is 1.06. The molecule has 0 aliphatic heterocycles. The Kier molecular flexibility index (Phi) is 6.46. The molecule has 0 aliphatic carbocycles. The fourth-order valence-corrected chi connectivity index (χ4v) is 4.12. The molecule has 1 atom stereocenters. The first-order valence-corrected chi connectivity index (χ1v) is 11.1. The average Bonchev–Trinajstić information content (AvgIpc) is 3.21. The third-order valence-electron chi connectivity index (χ3n) is 4.83. The number of nitrogens with zero attached hydrogens (tertiary/aromatic N) is 4. The highest BCUT2D eigenvalue weighted by atomic mass is 32.2. The molecular formula is C23H22N6O2S. The van der Waals surface area contributed by atoms with Gasteiger partial charge in [-0.25, -0.2) is 4.98 Å². The summed E-state index contributed by atoms with van der Waals surface area (Å²) in [6, 6.07) is 15.9. The molecule has 0 radical (unpaired) electrons. The van der Waals surface area contributed by atoms with Crippen LogP contribution in [0.3, 0.4) is 0 Å². The fraction of sp³-hybridized carbons (Fsp3) is 0.174. The maximum Gasteiger partial charge on any atom is 0.258 e. The van der Waals surface area contributed by atoms with Gasteiger partial charge in [-0.15, -0.1) is 16.8 Å². The van der Waals surface area contributed by atoms with Crippen LogP contribution in [0.2, 0.25) is 0 Å². The smallest absolute Gasteiger partial charge is 0.258 e. The van der Waals surface area contributed by atoms with E-state index in [0.29, 0.717) is 45.6 Å². The third-order valence-corrected chi connectivity index (χ3v) is 5.81. The third kappa shape index (κ3) is 4.62. The molecule has 0 saturated heterocycles. The topological polar surface area (TPSA) is 106 Å². The largest absolute Gasteiger partial charge is 0.342 e. The SMILES string of the molecule is C=CCn1c(SCc2nc3ccccc3c(=O)[nH]2)nnc1C(C)NC(=O)c1ccccc1. The molecule has 2 N–H and O–H groups in total. The van der Waals surface area contributed by atoms with Crippen LogP contribution in [-0.2, 0) is 12.3 Å².